The number of halogens is 1. The molecule has 5 nitrogen and oxygen atoms in total. The molecule has 0 aromatic heterocycles. The molecule has 0 saturated heterocycles. The third-order valence-corrected chi connectivity index (χ3v) is 4.38. The first kappa shape index (κ1) is 19.8. The molecule has 26 heavy (non-hydrogen) atoms. The molecule has 0 fully saturated rings. The molecule has 0 bridgehead atoms. The number of carbonyl (C=O) groups excluding carboxylic acids is 1. The average molecular weight is 420 g/mol. The van der Waals surface area contributed by atoms with E-state index in [1.54, 1.807) is 27.4 Å². The summed E-state index contributed by atoms with van der Waals surface area (Å²) in [6.45, 7) is 0.533. The molecule has 0 saturated carbocycles. The van der Waals surface area contributed by atoms with Crippen LogP contribution in [-0.4, -0.2) is 33.8 Å². The van der Waals surface area contributed by atoms with E-state index in [1.807, 2.05) is 36.4 Å². The van der Waals surface area contributed by atoms with E-state index >= 15 is 0 Å². The van der Waals surface area contributed by atoms with Crippen LogP contribution in [0.3, 0.4) is 0 Å². The summed E-state index contributed by atoms with van der Waals surface area (Å²) in [4.78, 5) is 12.0. The number of methoxy groups -OCH3 is 3. The minimum atomic E-state index is -0.141. The zero-order chi connectivity index (χ0) is 18.9. The van der Waals surface area contributed by atoms with Gasteiger partial charge in [0.15, 0.2) is 11.5 Å². The average Bonchev–Trinajstić information content (AvgIpc) is 2.66. The quantitative estimate of drug-likeness (QED) is 0.660. The Kier molecular flexibility index (Phi) is 7.53. The number of benzene rings is 2. The summed E-state index contributed by atoms with van der Waals surface area (Å²) in [5.41, 5.74) is 1.97. The van der Waals surface area contributed by atoms with Crippen molar-refractivity contribution in [3.8, 4) is 17.2 Å². The lowest BCUT2D eigenvalue weighted by Crippen LogP contribution is -2.23. The van der Waals surface area contributed by atoms with Gasteiger partial charge in [0.25, 0.3) is 0 Å². The van der Waals surface area contributed by atoms with Gasteiger partial charge in [-0.1, -0.05) is 12.1 Å². The number of nitrogens with one attached hydrogen (secondary N) is 1. The number of rotatable bonds is 8. The molecule has 0 spiro atoms. The van der Waals surface area contributed by atoms with Crippen LogP contribution in [0.5, 0.6) is 17.2 Å². The fourth-order valence-corrected chi connectivity index (χ4v) is 2.94. The SMILES string of the molecule is COc1ccc(/C=C/C(=O)NCCc2ccc(OC)c(OC)c2)cc1Br. The van der Waals surface area contributed by atoms with Crippen molar-refractivity contribution < 1.29 is 19.0 Å². The van der Waals surface area contributed by atoms with Gasteiger partial charge >= 0.3 is 0 Å². The number of carbonyl (C=O) groups is 1. The highest BCUT2D eigenvalue weighted by Crippen LogP contribution is 2.27. The van der Waals surface area contributed by atoms with Gasteiger partial charge in [0, 0.05) is 12.6 Å². The Labute approximate surface area is 162 Å². The van der Waals surface area contributed by atoms with E-state index in [1.165, 1.54) is 6.08 Å². The van der Waals surface area contributed by atoms with Crippen molar-refractivity contribution >= 4 is 27.9 Å². The summed E-state index contributed by atoms with van der Waals surface area (Å²) in [6, 6.07) is 11.4. The molecule has 0 unspecified atom stereocenters. The maximum atomic E-state index is 12.0. The first-order chi connectivity index (χ1) is 12.6. The van der Waals surface area contributed by atoms with Crippen LogP contribution in [0.2, 0.25) is 0 Å². The normalized spacial score (nSPS) is 10.6. The molecule has 138 valence electrons. The van der Waals surface area contributed by atoms with E-state index in [0.29, 0.717) is 24.5 Å². The van der Waals surface area contributed by atoms with E-state index in [-0.39, 0.29) is 5.91 Å². The molecular weight excluding hydrogens is 398 g/mol. The summed E-state index contributed by atoms with van der Waals surface area (Å²) < 4.78 is 16.5. The van der Waals surface area contributed by atoms with Gasteiger partial charge < -0.3 is 19.5 Å². The molecule has 0 aliphatic heterocycles. The first-order valence-electron chi connectivity index (χ1n) is 8.07. The molecule has 0 aliphatic rings. The molecule has 0 heterocycles. The van der Waals surface area contributed by atoms with E-state index < -0.39 is 0 Å². The summed E-state index contributed by atoms with van der Waals surface area (Å²) >= 11 is 3.43. The summed E-state index contributed by atoms with van der Waals surface area (Å²) in [5.74, 6) is 1.98. The number of ether oxygens (including phenoxy) is 3. The second kappa shape index (κ2) is 9.87. The standard InChI is InChI=1S/C20H22BrNO4/c1-24-17-7-4-14(12-16(17)21)6-9-20(23)22-11-10-15-5-8-18(25-2)19(13-15)26-3/h4-9,12-13H,10-11H2,1-3H3,(H,22,23)/b9-6+. The van der Waals surface area contributed by atoms with Crippen LogP contribution in [0.25, 0.3) is 6.08 Å². The maximum Gasteiger partial charge on any atom is 0.244 e. The lowest BCUT2D eigenvalue weighted by molar-refractivity contribution is -0.116. The molecule has 2 aromatic carbocycles. The highest BCUT2D eigenvalue weighted by Gasteiger charge is 2.05. The topological polar surface area (TPSA) is 56.8 Å². The number of amides is 1. The minimum Gasteiger partial charge on any atom is -0.496 e. The fraction of sp³-hybridized carbons (Fsp3) is 0.250. The second-order valence-electron chi connectivity index (χ2n) is 5.46. The maximum absolute atomic E-state index is 12.0. The van der Waals surface area contributed by atoms with Crippen LogP contribution in [0.4, 0.5) is 0 Å². The molecule has 0 radical (unpaired) electrons. The van der Waals surface area contributed by atoms with E-state index in [0.717, 1.165) is 21.3 Å². The molecule has 1 N–H and O–H groups in total. The Bertz CT molecular complexity index is 789. The Hall–Kier alpha value is -2.47. The monoisotopic (exact) mass is 419 g/mol. The Balaban J connectivity index is 1.86. The van der Waals surface area contributed by atoms with E-state index in [2.05, 4.69) is 21.2 Å². The number of hydrogen-bond donors (Lipinski definition) is 1. The summed E-state index contributed by atoms with van der Waals surface area (Å²) in [5, 5.41) is 2.87. The molecule has 2 rings (SSSR count). The van der Waals surface area contributed by atoms with Crippen molar-refractivity contribution in [2.45, 2.75) is 6.42 Å². The van der Waals surface area contributed by atoms with E-state index in [9.17, 15) is 4.79 Å². The highest BCUT2D eigenvalue weighted by molar-refractivity contribution is 9.10. The lowest BCUT2D eigenvalue weighted by atomic mass is 10.1. The molecular formula is C20H22BrNO4. The first-order valence-corrected chi connectivity index (χ1v) is 8.87. The fourth-order valence-electron chi connectivity index (χ4n) is 2.38. The zero-order valence-electron chi connectivity index (χ0n) is 15.0. The van der Waals surface area contributed by atoms with Crippen molar-refractivity contribution in [2.75, 3.05) is 27.9 Å². The zero-order valence-corrected chi connectivity index (χ0v) is 16.6. The summed E-state index contributed by atoms with van der Waals surface area (Å²) in [7, 11) is 4.82. The Morgan fingerprint density at radius 3 is 2.35 bits per heavy atom. The molecule has 1 amide bonds. The van der Waals surface area contributed by atoms with Crippen molar-refractivity contribution in [3.05, 3.63) is 58.1 Å². The number of hydrogen-bond acceptors (Lipinski definition) is 4. The van der Waals surface area contributed by atoms with Gasteiger partial charge in [0.2, 0.25) is 5.91 Å². The van der Waals surface area contributed by atoms with Crippen LogP contribution >= 0.6 is 15.9 Å². The van der Waals surface area contributed by atoms with Crippen LogP contribution < -0.4 is 19.5 Å². The van der Waals surface area contributed by atoms with Crippen LogP contribution in [-0.2, 0) is 11.2 Å². The van der Waals surface area contributed by atoms with Gasteiger partial charge in [-0.25, -0.2) is 0 Å². The Morgan fingerprint density at radius 2 is 1.69 bits per heavy atom. The van der Waals surface area contributed by atoms with Gasteiger partial charge in [0.05, 0.1) is 25.8 Å². The third kappa shape index (κ3) is 5.52. The third-order valence-electron chi connectivity index (χ3n) is 3.76. The molecule has 0 atom stereocenters. The van der Waals surface area contributed by atoms with Gasteiger partial charge in [-0.2, -0.15) is 0 Å². The van der Waals surface area contributed by atoms with Crippen molar-refractivity contribution in [3.63, 3.8) is 0 Å². The van der Waals surface area contributed by atoms with Gasteiger partial charge in [-0.05, 0) is 63.8 Å². The smallest absolute Gasteiger partial charge is 0.244 e. The van der Waals surface area contributed by atoms with E-state index in [4.69, 9.17) is 14.2 Å². The Morgan fingerprint density at radius 1 is 1.00 bits per heavy atom. The van der Waals surface area contributed by atoms with Crippen molar-refractivity contribution in [1.82, 2.24) is 5.32 Å². The predicted octanol–water partition coefficient (Wildman–Crippen LogP) is 3.85. The predicted molar refractivity (Wildman–Crippen MR) is 106 cm³/mol. The van der Waals surface area contributed by atoms with Gasteiger partial charge in [0.1, 0.15) is 5.75 Å². The molecule has 6 heteroatoms. The highest BCUT2D eigenvalue weighted by atomic mass is 79.9. The van der Waals surface area contributed by atoms with Crippen molar-refractivity contribution in [1.29, 1.82) is 0 Å². The van der Waals surface area contributed by atoms with Crippen molar-refractivity contribution in [2.24, 2.45) is 0 Å². The van der Waals surface area contributed by atoms with Crippen LogP contribution in [0.1, 0.15) is 11.1 Å². The molecule has 0 aliphatic carbocycles. The minimum absolute atomic E-state index is 0.141. The molecule has 2 aromatic rings. The lowest BCUT2D eigenvalue weighted by Gasteiger charge is -2.09. The van der Waals surface area contributed by atoms with Crippen LogP contribution in [0, 0.1) is 0 Å². The second-order valence-corrected chi connectivity index (χ2v) is 6.31. The van der Waals surface area contributed by atoms with Gasteiger partial charge in [-0.15, -0.1) is 0 Å². The van der Waals surface area contributed by atoms with Gasteiger partial charge in [-0.3, -0.25) is 4.79 Å². The summed E-state index contributed by atoms with van der Waals surface area (Å²) in [6.07, 6.45) is 3.98. The van der Waals surface area contributed by atoms with Crippen LogP contribution in [0.15, 0.2) is 46.9 Å². The largest absolute Gasteiger partial charge is 0.496 e.